The van der Waals surface area contributed by atoms with Crippen LogP contribution >= 0.6 is 27.5 Å². The third kappa shape index (κ3) is 3.15. The van der Waals surface area contributed by atoms with E-state index in [4.69, 9.17) is 11.6 Å². The number of aromatic nitrogens is 2. The molecule has 1 heterocycles. The number of hydrogen-bond donors (Lipinski definition) is 0. The molecule has 0 saturated heterocycles. The van der Waals surface area contributed by atoms with Gasteiger partial charge in [-0.3, -0.25) is 0 Å². The van der Waals surface area contributed by atoms with Crippen LogP contribution in [0.1, 0.15) is 18.8 Å². The summed E-state index contributed by atoms with van der Waals surface area (Å²) in [4.78, 5) is 4.26. The molecule has 0 N–H and O–H groups in total. The molecule has 0 aliphatic rings. The number of halogens is 3. The average Bonchev–Trinajstić information content (AvgIpc) is 2.65. The zero-order valence-electron chi connectivity index (χ0n) is 10.9. The minimum Gasteiger partial charge on any atom is -0.323 e. The lowest BCUT2D eigenvalue weighted by Crippen LogP contribution is -2.18. The summed E-state index contributed by atoms with van der Waals surface area (Å²) in [6, 6.07) is 2.56. The molecule has 4 nitrogen and oxygen atoms in total. The van der Waals surface area contributed by atoms with Gasteiger partial charge in [0, 0.05) is 18.4 Å². The number of hydrogen-bond acceptors (Lipinski definition) is 3. The largest absolute Gasteiger partial charge is 0.323 e. The van der Waals surface area contributed by atoms with Crippen LogP contribution in [-0.2, 0) is 15.7 Å². The Kier molecular flexibility index (Phi) is 4.41. The number of sulfone groups is 1. The van der Waals surface area contributed by atoms with Crippen molar-refractivity contribution < 1.29 is 12.8 Å². The Hall–Kier alpha value is -0.660. The summed E-state index contributed by atoms with van der Waals surface area (Å²) in [6.45, 7) is 1.77. The van der Waals surface area contributed by atoms with Gasteiger partial charge in [-0.1, -0.05) is 0 Å². The summed E-state index contributed by atoms with van der Waals surface area (Å²) in [6.07, 6.45) is 1.18. The fourth-order valence-electron chi connectivity index (χ4n) is 2.24. The van der Waals surface area contributed by atoms with Crippen molar-refractivity contribution in [1.29, 1.82) is 0 Å². The minimum absolute atomic E-state index is 0.0304. The quantitative estimate of drug-likeness (QED) is 0.761. The van der Waals surface area contributed by atoms with Crippen LogP contribution in [-0.4, -0.2) is 30.0 Å². The lowest BCUT2D eigenvalue weighted by atomic mass is 10.3. The van der Waals surface area contributed by atoms with Crippen LogP contribution in [0.2, 0.25) is 0 Å². The first-order chi connectivity index (χ1) is 9.23. The van der Waals surface area contributed by atoms with Gasteiger partial charge in [0.1, 0.15) is 21.5 Å². The molecule has 110 valence electrons. The highest BCUT2D eigenvalue weighted by atomic mass is 79.9. The van der Waals surface area contributed by atoms with Crippen LogP contribution in [0.15, 0.2) is 16.6 Å². The molecule has 0 saturated carbocycles. The first kappa shape index (κ1) is 15.7. The van der Waals surface area contributed by atoms with E-state index in [1.165, 1.54) is 12.3 Å². The van der Waals surface area contributed by atoms with Crippen LogP contribution in [0.3, 0.4) is 0 Å². The summed E-state index contributed by atoms with van der Waals surface area (Å²) in [7, 11) is -3.14. The molecule has 2 aromatic rings. The smallest absolute Gasteiger partial charge is 0.149 e. The fourth-order valence-corrected chi connectivity index (χ4v) is 3.78. The highest BCUT2D eigenvalue weighted by Gasteiger charge is 2.20. The number of nitrogens with zero attached hydrogens (tertiary/aromatic N) is 2. The number of imidazole rings is 1. The summed E-state index contributed by atoms with van der Waals surface area (Å²) in [5, 5.41) is 0. The van der Waals surface area contributed by atoms with Crippen LogP contribution in [0.4, 0.5) is 4.39 Å². The summed E-state index contributed by atoms with van der Waals surface area (Å²) >= 11 is 8.99. The van der Waals surface area contributed by atoms with E-state index in [9.17, 15) is 12.8 Å². The van der Waals surface area contributed by atoms with Gasteiger partial charge < -0.3 is 4.57 Å². The molecule has 2 rings (SSSR count). The van der Waals surface area contributed by atoms with E-state index in [-0.39, 0.29) is 17.7 Å². The average molecular weight is 384 g/mol. The first-order valence-electron chi connectivity index (χ1n) is 5.82. The minimum atomic E-state index is -3.14. The van der Waals surface area contributed by atoms with E-state index in [1.807, 2.05) is 0 Å². The maximum atomic E-state index is 13.5. The Morgan fingerprint density at radius 1 is 1.50 bits per heavy atom. The SMILES string of the molecule is CC(CS(C)(=O)=O)n1c(CCl)nc2cc(F)c(Br)cc21. The van der Waals surface area contributed by atoms with Gasteiger partial charge in [-0.2, -0.15) is 0 Å². The highest BCUT2D eigenvalue weighted by Crippen LogP contribution is 2.28. The van der Waals surface area contributed by atoms with E-state index in [0.717, 1.165) is 0 Å². The third-order valence-corrected chi connectivity index (χ3v) is 4.84. The fraction of sp³-hybridized carbons (Fsp3) is 0.417. The molecule has 1 atom stereocenters. The molecule has 0 aliphatic carbocycles. The molecule has 20 heavy (non-hydrogen) atoms. The van der Waals surface area contributed by atoms with Crippen molar-refractivity contribution in [3.05, 3.63) is 28.2 Å². The highest BCUT2D eigenvalue weighted by molar-refractivity contribution is 9.10. The molecule has 0 fully saturated rings. The van der Waals surface area contributed by atoms with Crippen LogP contribution in [0.25, 0.3) is 11.0 Å². The lowest BCUT2D eigenvalue weighted by molar-refractivity contribution is 0.560. The maximum absolute atomic E-state index is 13.5. The van der Waals surface area contributed by atoms with Crippen molar-refractivity contribution in [2.24, 2.45) is 0 Å². The summed E-state index contributed by atoms with van der Waals surface area (Å²) in [5.41, 5.74) is 1.12. The van der Waals surface area contributed by atoms with Gasteiger partial charge in [-0.05, 0) is 28.9 Å². The number of fused-ring (bicyclic) bond motifs is 1. The van der Waals surface area contributed by atoms with Crippen molar-refractivity contribution in [2.75, 3.05) is 12.0 Å². The molecule has 8 heteroatoms. The normalized spacial score (nSPS) is 13.8. The Bertz CT molecular complexity index is 760. The van der Waals surface area contributed by atoms with E-state index >= 15 is 0 Å². The monoisotopic (exact) mass is 382 g/mol. The van der Waals surface area contributed by atoms with Crippen molar-refractivity contribution >= 4 is 48.4 Å². The van der Waals surface area contributed by atoms with Crippen LogP contribution in [0, 0.1) is 5.82 Å². The summed E-state index contributed by atoms with van der Waals surface area (Å²) in [5.74, 6) is 0.202. The second-order valence-electron chi connectivity index (χ2n) is 4.73. The Labute approximate surface area is 130 Å². The lowest BCUT2D eigenvalue weighted by Gasteiger charge is -2.16. The predicted molar refractivity (Wildman–Crippen MR) is 81.4 cm³/mol. The van der Waals surface area contributed by atoms with Gasteiger partial charge in [-0.15, -0.1) is 11.6 Å². The zero-order chi connectivity index (χ0) is 15.1. The van der Waals surface area contributed by atoms with Crippen molar-refractivity contribution in [1.82, 2.24) is 9.55 Å². The first-order valence-corrected chi connectivity index (χ1v) is 9.21. The molecule has 1 aromatic heterocycles. The maximum Gasteiger partial charge on any atom is 0.149 e. The second kappa shape index (κ2) is 5.61. The summed E-state index contributed by atoms with van der Waals surface area (Å²) < 4.78 is 38.5. The van der Waals surface area contributed by atoms with Gasteiger partial charge in [0.25, 0.3) is 0 Å². The molecule has 0 radical (unpaired) electrons. The van der Waals surface area contributed by atoms with E-state index < -0.39 is 15.7 Å². The van der Waals surface area contributed by atoms with Gasteiger partial charge in [0.2, 0.25) is 0 Å². The molecule has 0 aliphatic heterocycles. The van der Waals surface area contributed by atoms with Crippen molar-refractivity contribution in [3.63, 3.8) is 0 Å². The number of benzene rings is 1. The number of rotatable bonds is 4. The predicted octanol–water partition coefficient (Wildman–Crippen LogP) is 3.28. The topological polar surface area (TPSA) is 52.0 Å². The van der Waals surface area contributed by atoms with E-state index in [1.54, 1.807) is 17.6 Å². The van der Waals surface area contributed by atoms with Gasteiger partial charge in [-0.25, -0.2) is 17.8 Å². The Morgan fingerprint density at radius 3 is 2.70 bits per heavy atom. The van der Waals surface area contributed by atoms with Gasteiger partial charge in [0.05, 0.1) is 27.1 Å². The third-order valence-electron chi connectivity index (χ3n) is 2.91. The van der Waals surface area contributed by atoms with Crippen molar-refractivity contribution in [2.45, 2.75) is 18.8 Å². The molecule has 1 aromatic carbocycles. The molecular weight excluding hydrogens is 371 g/mol. The molecule has 1 unspecified atom stereocenters. The molecule has 0 spiro atoms. The molecular formula is C12H13BrClFN2O2S. The second-order valence-corrected chi connectivity index (χ2v) is 8.03. The van der Waals surface area contributed by atoms with Crippen LogP contribution < -0.4 is 0 Å². The standard InChI is InChI=1S/C12H13BrClFN2O2S/c1-7(6-20(2,18)19)17-11-3-8(13)9(15)4-10(11)16-12(17)5-14/h3-4,7H,5-6H2,1-2H3. The van der Waals surface area contributed by atoms with Crippen molar-refractivity contribution in [3.8, 4) is 0 Å². The van der Waals surface area contributed by atoms with E-state index in [2.05, 4.69) is 20.9 Å². The molecule has 0 bridgehead atoms. The molecule has 0 amide bonds. The Morgan fingerprint density at radius 2 is 2.15 bits per heavy atom. The van der Waals surface area contributed by atoms with Gasteiger partial charge >= 0.3 is 0 Å². The number of alkyl halides is 1. The Balaban J connectivity index is 2.63. The zero-order valence-corrected chi connectivity index (χ0v) is 14.1. The van der Waals surface area contributed by atoms with Gasteiger partial charge in [0.15, 0.2) is 0 Å². The van der Waals surface area contributed by atoms with Crippen LogP contribution in [0.5, 0.6) is 0 Å². The van der Waals surface area contributed by atoms with E-state index in [0.29, 0.717) is 21.3 Å².